The van der Waals surface area contributed by atoms with Crippen molar-refractivity contribution in [3.05, 3.63) is 42.4 Å². The first-order chi connectivity index (χ1) is 10.1. The molecule has 0 fully saturated rings. The molecule has 0 radical (unpaired) electrons. The minimum absolute atomic E-state index is 0.128. The van der Waals surface area contributed by atoms with Crippen molar-refractivity contribution in [3.8, 4) is 5.75 Å². The summed E-state index contributed by atoms with van der Waals surface area (Å²) >= 11 is 0. The van der Waals surface area contributed by atoms with Crippen LogP contribution in [0.25, 0.3) is 0 Å². The van der Waals surface area contributed by atoms with Crippen LogP contribution in [0.15, 0.2) is 41.0 Å². The molecule has 2 heterocycles. The van der Waals surface area contributed by atoms with E-state index in [1.54, 1.807) is 44.3 Å². The van der Waals surface area contributed by atoms with Gasteiger partial charge in [0.25, 0.3) is 11.8 Å². The van der Waals surface area contributed by atoms with Crippen molar-refractivity contribution in [3.63, 3.8) is 0 Å². The number of fused-ring (bicyclic) bond motifs is 1. The van der Waals surface area contributed by atoms with Gasteiger partial charge in [0.2, 0.25) is 0 Å². The summed E-state index contributed by atoms with van der Waals surface area (Å²) in [5, 5.41) is 2.71. The molecule has 108 valence electrons. The summed E-state index contributed by atoms with van der Waals surface area (Å²) in [5.74, 6) is 0.360. The summed E-state index contributed by atoms with van der Waals surface area (Å²) in [6.45, 7) is 1.70. The first-order valence-corrected chi connectivity index (χ1v) is 6.49. The lowest BCUT2D eigenvalue weighted by Gasteiger charge is -2.30. The van der Waals surface area contributed by atoms with Crippen LogP contribution in [0.5, 0.6) is 5.75 Å². The van der Waals surface area contributed by atoms with E-state index in [1.165, 1.54) is 11.2 Å². The molecule has 1 aliphatic rings. The predicted molar refractivity (Wildman–Crippen MR) is 76.6 cm³/mol. The number of anilines is 2. The molecule has 6 heteroatoms. The van der Waals surface area contributed by atoms with Crippen LogP contribution in [0.1, 0.15) is 17.5 Å². The number of rotatable bonds is 2. The van der Waals surface area contributed by atoms with Gasteiger partial charge in [-0.05, 0) is 37.3 Å². The Kier molecular flexibility index (Phi) is 3.13. The molecule has 0 saturated carbocycles. The molecule has 21 heavy (non-hydrogen) atoms. The Morgan fingerprint density at radius 3 is 2.86 bits per heavy atom. The van der Waals surface area contributed by atoms with Crippen molar-refractivity contribution >= 4 is 23.2 Å². The summed E-state index contributed by atoms with van der Waals surface area (Å²) in [6, 6.07) is 8.36. The van der Waals surface area contributed by atoms with E-state index in [4.69, 9.17) is 9.15 Å². The lowest BCUT2D eigenvalue weighted by atomic mass is 10.2. The molecule has 1 unspecified atom stereocenters. The van der Waals surface area contributed by atoms with Crippen molar-refractivity contribution in [2.24, 2.45) is 0 Å². The first-order valence-electron chi connectivity index (χ1n) is 6.49. The molecule has 3 rings (SSSR count). The molecule has 0 saturated heterocycles. The molecule has 1 aliphatic heterocycles. The van der Waals surface area contributed by atoms with Gasteiger partial charge in [-0.2, -0.15) is 0 Å². The number of carbonyl (C=O) groups is 2. The monoisotopic (exact) mass is 286 g/mol. The summed E-state index contributed by atoms with van der Waals surface area (Å²) in [5.41, 5.74) is 1.18. The van der Waals surface area contributed by atoms with Gasteiger partial charge in [0.15, 0.2) is 11.9 Å². The number of nitrogens with one attached hydrogen (secondary N) is 1. The number of hydrogen-bond donors (Lipinski definition) is 1. The Balaban J connectivity index is 1.86. The third kappa shape index (κ3) is 2.35. The van der Waals surface area contributed by atoms with Gasteiger partial charge in [-0.3, -0.25) is 9.59 Å². The maximum Gasteiger partial charge on any atom is 0.291 e. The Bertz CT molecular complexity index is 694. The largest absolute Gasteiger partial charge is 0.479 e. The lowest BCUT2D eigenvalue weighted by molar-refractivity contribution is -0.125. The van der Waals surface area contributed by atoms with E-state index in [0.29, 0.717) is 17.1 Å². The molecule has 1 aromatic heterocycles. The van der Waals surface area contributed by atoms with Gasteiger partial charge < -0.3 is 19.4 Å². The van der Waals surface area contributed by atoms with Crippen LogP contribution in [-0.2, 0) is 4.79 Å². The molecule has 6 nitrogen and oxygen atoms in total. The van der Waals surface area contributed by atoms with Crippen LogP contribution >= 0.6 is 0 Å². The number of hydrogen-bond acceptors (Lipinski definition) is 4. The maximum atomic E-state index is 11.9. The molecule has 2 aromatic rings. The number of amides is 2. The summed E-state index contributed by atoms with van der Waals surface area (Å²) in [6.07, 6.45) is 0.926. The molecule has 0 bridgehead atoms. The van der Waals surface area contributed by atoms with E-state index < -0.39 is 6.10 Å². The zero-order valence-electron chi connectivity index (χ0n) is 11.6. The Morgan fingerprint density at radius 2 is 2.14 bits per heavy atom. The Labute approximate surface area is 121 Å². The van der Waals surface area contributed by atoms with Crippen LogP contribution in [0.3, 0.4) is 0 Å². The quantitative estimate of drug-likeness (QED) is 0.919. The average Bonchev–Trinajstić information content (AvgIpc) is 3.00. The topological polar surface area (TPSA) is 71.8 Å². The zero-order valence-corrected chi connectivity index (χ0v) is 11.6. The number of carbonyl (C=O) groups excluding carboxylic acids is 2. The van der Waals surface area contributed by atoms with Gasteiger partial charge in [0.05, 0.1) is 12.0 Å². The van der Waals surface area contributed by atoms with Gasteiger partial charge >= 0.3 is 0 Å². The SMILES string of the molecule is CC1Oc2ccc(NC(=O)c3ccco3)cc2N(C)C1=O. The van der Waals surface area contributed by atoms with E-state index in [-0.39, 0.29) is 17.6 Å². The minimum atomic E-state index is -0.508. The highest BCUT2D eigenvalue weighted by molar-refractivity contribution is 6.04. The van der Waals surface area contributed by atoms with Gasteiger partial charge in [0, 0.05) is 12.7 Å². The Hall–Kier alpha value is -2.76. The second-order valence-electron chi connectivity index (χ2n) is 4.77. The summed E-state index contributed by atoms with van der Waals surface area (Å²) in [7, 11) is 1.68. The predicted octanol–water partition coefficient (Wildman–Crippen LogP) is 2.28. The fourth-order valence-electron chi connectivity index (χ4n) is 2.19. The highest BCUT2D eigenvalue weighted by Gasteiger charge is 2.29. The second-order valence-corrected chi connectivity index (χ2v) is 4.77. The molecular formula is C15H14N2O4. The molecule has 1 atom stereocenters. The number of nitrogens with zero attached hydrogens (tertiary/aromatic N) is 1. The van der Waals surface area contributed by atoms with Crippen LogP contribution < -0.4 is 15.0 Å². The van der Waals surface area contributed by atoms with Gasteiger partial charge in [-0.15, -0.1) is 0 Å². The minimum Gasteiger partial charge on any atom is -0.479 e. The van der Waals surface area contributed by atoms with Crippen molar-refractivity contribution in [2.75, 3.05) is 17.3 Å². The summed E-state index contributed by atoms with van der Waals surface area (Å²) < 4.78 is 10.6. The summed E-state index contributed by atoms with van der Waals surface area (Å²) in [4.78, 5) is 25.4. The third-order valence-corrected chi connectivity index (χ3v) is 3.31. The van der Waals surface area contributed by atoms with Crippen LogP contribution in [-0.4, -0.2) is 25.0 Å². The van der Waals surface area contributed by atoms with Gasteiger partial charge in [-0.25, -0.2) is 0 Å². The van der Waals surface area contributed by atoms with Crippen LogP contribution in [0.2, 0.25) is 0 Å². The molecule has 0 aliphatic carbocycles. The number of furan rings is 1. The highest BCUT2D eigenvalue weighted by atomic mass is 16.5. The first kappa shape index (κ1) is 13.2. The average molecular weight is 286 g/mol. The number of likely N-dealkylation sites (N-methyl/N-ethyl adjacent to an activating group) is 1. The van der Waals surface area contributed by atoms with E-state index in [2.05, 4.69) is 5.32 Å². The van der Waals surface area contributed by atoms with Crippen LogP contribution in [0.4, 0.5) is 11.4 Å². The number of ether oxygens (including phenoxy) is 1. The van der Waals surface area contributed by atoms with E-state index in [9.17, 15) is 9.59 Å². The molecule has 1 aromatic carbocycles. The maximum absolute atomic E-state index is 11.9. The molecule has 1 N–H and O–H groups in total. The van der Waals surface area contributed by atoms with E-state index in [0.717, 1.165) is 0 Å². The molecule has 2 amide bonds. The van der Waals surface area contributed by atoms with Crippen molar-refractivity contribution in [1.29, 1.82) is 0 Å². The van der Waals surface area contributed by atoms with Crippen LogP contribution in [0, 0.1) is 0 Å². The molecular weight excluding hydrogens is 272 g/mol. The van der Waals surface area contributed by atoms with Gasteiger partial charge in [-0.1, -0.05) is 0 Å². The fraction of sp³-hybridized carbons (Fsp3) is 0.200. The lowest BCUT2D eigenvalue weighted by Crippen LogP contribution is -2.41. The molecule has 0 spiro atoms. The van der Waals surface area contributed by atoms with Crippen molar-refractivity contribution in [1.82, 2.24) is 0 Å². The van der Waals surface area contributed by atoms with E-state index in [1.807, 2.05) is 0 Å². The van der Waals surface area contributed by atoms with Gasteiger partial charge in [0.1, 0.15) is 5.75 Å². The standard InChI is InChI=1S/C15H14N2O4/c1-9-15(19)17(2)11-8-10(5-6-12(11)21-9)16-14(18)13-4-3-7-20-13/h3-9H,1-2H3,(H,16,18). The Morgan fingerprint density at radius 1 is 1.33 bits per heavy atom. The normalized spacial score (nSPS) is 17.1. The zero-order chi connectivity index (χ0) is 15.0. The smallest absolute Gasteiger partial charge is 0.291 e. The second kappa shape index (κ2) is 4.97. The van der Waals surface area contributed by atoms with Crippen molar-refractivity contribution in [2.45, 2.75) is 13.0 Å². The van der Waals surface area contributed by atoms with E-state index >= 15 is 0 Å². The number of benzene rings is 1. The highest BCUT2D eigenvalue weighted by Crippen LogP contribution is 2.35. The fourth-order valence-corrected chi connectivity index (χ4v) is 2.19. The van der Waals surface area contributed by atoms with Crippen molar-refractivity contribution < 1.29 is 18.7 Å². The third-order valence-electron chi connectivity index (χ3n) is 3.31.